The van der Waals surface area contributed by atoms with Gasteiger partial charge >= 0.3 is 0 Å². The van der Waals surface area contributed by atoms with E-state index in [1.165, 1.54) is 12.8 Å². The second-order valence-electron chi connectivity index (χ2n) is 5.30. The number of Topliss-reactive ketones (excluding diaryl/α,β-unsaturated/α-hetero) is 1. The van der Waals surface area contributed by atoms with Crippen LogP contribution in [0.1, 0.15) is 70.0 Å². The summed E-state index contributed by atoms with van der Waals surface area (Å²) in [5.41, 5.74) is 0. The van der Waals surface area contributed by atoms with Gasteiger partial charge in [0.2, 0.25) is 5.89 Å². The van der Waals surface area contributed by atoms with Gasteiger partial charge in [-0.25, -0.2) is 0 Å². The molecule has 0 radical (unpaired) electrons. The zero-order valence-corrected chi connectivity index (χ0v) is 10.8. The highest BCUT2D eigenvalue weighted by Gasteiger charge is 2.29. The van der Waals surface area contributed by atoms with Crippen LogP contribution in [0.5, 0.6) is 0 Å². The molecule has 0 aliphatic heterocycles. The van der Waals surface area contributed by atoms with Gasteiger partial charge in [-0.2, -0.15) is 4.98 Å². The third kappa shape index (κ3) is 2.56. The van der Waals surface area contributed by atoms with Gasteiger partial charge in [0.15, 0.2) is 5.82 Å². The number of ketones is 1. The molecule has 0 bridgehead atoms. The van der Waals surface area contributed by atoms with Gasteiger partial charge in [0.25, 0.3) is 0 Å². The van der Waals surface area contributed by atoms with Crippen LogP contribution in [-0.2, 0) is 4.79 Å². The largest absolute Gasteiger partial charge is 0.339 e. The van der Waals surface area contributed by atoms with E-state index in [0.717, 1.165) is 18.7 Å². The van der Waals surface area contributed by atoms with Gasteiger partial charge in [-0.3, -0.25) is 4.79 Å². The molecule has 1 atom stereocenters. The molecule has 0 spiro atoms. The molecule has 0 amide bonds. The fourth-order valence-electron chi connectivity index (χ4n) is 2.65. The lowest BCUT2D eigenvalue weighted by molar-refractivity contribution is -0.119. The Morgan fingerprint density at radius 3 is 2.53 bits per heavy atom. The highest BCUT2D eigenvalue weighted by atomic mass is 16.5. The number of carbonyl (C=O) groups is 1. The fraction of sp³-hybridized carbons (Fsp3) is 0.769. The first-order valence-electron chi connectivity index (χ1n) is 6.43. The lowest BCUT2D eigenvalue weighted by Gasteiger charge is -2.12. The van der Waals surface area contributed by atoms with Crippen molar-refractivity contribution >= 4 is 5.78 Å². The average molecular weight is 236 g/mol. The van der Waals surface area contributed by atoms with E-state index in [9.17, 15) is 4.79 Å². The molecule has 1 fully saturated rings. The van der Waals surface area contributed by atoms with Crippen molar-refractivity contribution in [3.05, 3.63) is 11.7 Å². The molecule has 94 valence electrons. The SMILES string of the molecule is CC(=O)C(c1nc(C2CCCC2)no1)C(C)C. The maximum atomic E-state index is 11.6. The third-order valence-corrected chi connectivity index (χ3v) is 3.55. The van der Waals surface area contributed by atoms with E-state index in [-0.39, 0.29) is 17.6 Å². The van der Waals surface area contributed by atoms with E-state index >= 15 is 0 Å². The lowest BCUT2D eigenvalue weighted by atomic mass is 9.92. The first kappa shape index (κ1) is 12.3. The summed E-state index contributed by atoms with van der Waals surface area (Å²) < 4.78 is 5.28. The smallest absolute Gasteiger partial charge is 0.237 e. The normalized spacial score (nSPS) is 18.8. The minimum absolute atomic E-state index is 0.0987. The first-order chi connectivity index (χ1) is 8.09. The molecule has 1 aliphatic rings. The van der Waals surface area contributed by atoms with Crippen molar-refractivity contribution in [3.63, 3.8) is 0 Å². The van der Waals surface area contributed by atoms with Crippen LogP contribution in [-0.4, -0.2) is 15.9 Å². The quantitative estimate of drug-likeness (QED) is 0.806. The van der Waals surface area contributed by atoms with Crippen molar-refractivity contribution in [2.45, 2.75) is 58.3 Å². The predicted molar refractivity (Wildman–Crippen MR) is 63.8 cm³/mol. The monoisotopic (exact) mass is 236 g/mol. The fourth-order valence-corrected chi connectivity index (χ4v) is 2.65. The van der Waals surface area contributed by atoms with Crippen LogP contribution in [0, 0.1) is 5.92 Å². The summed E-state index contributed by atoms with van der Waals surface area (Å²) in [5, 5.41) is 4.05. The van der Waals surface area contributed by atoms with Crippen molar-refractivity contribution in [1.82, 2.24) is 10.1 Å². The summed E-state index contributed by atoms with van der Waals surface area (Å²) in [6.07, 6.45) is 4.78. The Morgan fingerprint density at radius 1 is 1.35 bits per heavy atom. The molecule has 1 aromatic heterocycles. The molecule has 1 aliphatic carbocycles. The highest BCUT2D eigenvalue weighted by Crippen LogP contribution is 2.33. The lowest BCUT2D eigenvalue weighted by Crippen LogP contribution is -2.15. The van der Waals surface area contributed by atoms with Crippen LogP contribution in [0.4, 0.5) is 0 Å². The van der Waals surface area contributed by atoms with Crippen LogP contribution in [0.3, 0.4) is 0 Å². The number of hydrogen-bond acceptors (Lipinski definition) is 4. The molecule has 17 heavy (non-hydrogen) atoms. The van der Waals surface area contributed by atoms with Gasteiger partial charge in [0.05, 0.1) is 5.92 Å². The minimum Gasteiger partial charge on any atom is -0.339 e. The Bertz CT molecular complexity index is 392. The number of hydrogen-bond donors (Lipinski definition) is 0. The zero-order valence-electron chi connectivity index (χ0n) is 10.8. The molecular formula is C13H20N2O2. The summed E-state index contributed by atoms with van der Waals surface area (Å²) in [6.45, 7) is 5.60. The standard InChI is InChI=1S/C13H20N2O2/c1-8(2)11(9(3)16)13-14-12(15-17-13)10-6-4-5-7-10/h8,10-11H,4-7H2,1-3H3. The number of carbonyl (C=O) groups excluding carboxylic acids is 1. The molecule has 0 aromatic carbocycles. The number of nitrogens with zero attached hydrogens (tertiary/aromatic N) is 2. The van der Waals surface area contributed by atoms with Gasteiger partial charge in [-0.15, -0.1) is 0 Å². The van der Waals surface area contributed by atoms with Crippen LogP contribution < -0.4 is 0 Å². The molecule has 4 heteroatoms. The zero-order chi connectivity index (χ0) is 12.4. The molecule has 1 unspecified atom stereocenters. The van der Waals surface area contributed by atoms with Gasteiger partial charge in [-0.1, -0.05) is 31.8 Å². The Labute approximate surface area is 102 Å². The second-order valence-corrected chi connectivity index (χ2v) is 5.30. The maximum absolute atomic E-state index is 11.6. The van der Waals surface area contributed by atoms with Crippen LogP contribution >= 0.6 is 0 Å². The van der Waals surface area contributed by atoms with Crippen molar-refractivity contribution in [2.24, 2.45) is 5.92 Å². The van der Waals surface area contributed by atoms with Crippen molar-refractivity contribution in [1.29, 1.82) is 0 Å². The molecule has 1 heterocycles. The first-order valence-corrected chi connectivity index (χ1v) is 6.43. The third-order valence-electron chi connectivity index (χ3n) is 3.55. The van der Waals surface area contributed by atoms with Crippen LogP contribution in [0.2, 0.25) is 0 Å². The second kappa shape index (κ2) is 4.98. The van der Waals surface area contributed by atoms with E-state index in [2.05, 4.69) is 10.1 Å². The average Bonchev–Trinajstić information content (AvgIpc) is 2.83. The molecule has 0 saturated heterocycles. The molecule has 4 nitrogen and oxygen atoms in total. The Morgan fingerprint density at radius 2 is 2.00 bits per heavy atom. The Kier molecular flexibility index (Phi) is 3.60. The number of aromatic nitrogens is 2. The van der Waals surface area contributed by atoms with Gasteiger partial charge in [0.1, 0.15) is 5.78 Å². The molecule has 0 N–H and O–H groups in total. The van der Waals surface area contributed by atoms with Crippen molar-refractivity contribution < 1.29 is 9.32 Å². The van der Waals surface area contributed by atoms with E-state index in [1.807, 2.05) is 13.8 Å². The number of rotatable bonds is 4. The van der Waals surface area contributed by atoms with Gasteiger partial charge in [-0.05, 0) is 25.7 Å². The molecule has 2 rings (SSSR count). The molecule has 1 aromatic rings. The van der Waals surface area contributed by atoms with E-state index in [1.54, 1.807) is 6.92 Å². The van der Waals surface area contributed by atoms with Crippen molar-refractivity contribution in [3.8, 4) is 0 Å². The Balaban J connectivity index is 2.18. The molecule has 1 saturated carbocycles. The summed E-state index contributed by atoms with van der Waals surface area (Å²) in [6, 6.07) is 0. The maximum Gasteiger partial charge on any atom is 0.237 e. The van der Waals surface area contributed by atoms with Gasteiger partial charge < -0.3 is 4.52 Å². The van der Waals surface area contributed by atoms with Crippen molar-refractivity contribution in [2.75, 3.05) is 0 Å². The highest BCUT2D eigenvalue weighted by molar-refractivity contribution is 5.82. The summed E-state index contributed by atoms with van der Waals surface area (Å²) in [7, 11) is 0. The van der Waals surface area contributed by atoms with E-state index in [0.29, 0.717) is 11.8 Å². The summed E-state index contributed by atoms with van der Waals surface area (Å²) >= 11 is 0. The van der Waals surface area contributed by atoms with E-state index < -0.39 is 0 Å². The Hall–Kier alpha value is -1.19. The van der Waals surface area contributed by atoms with E-state index in [4.69, 9.17) is 4.52 Å². The van der Waals surface area contributed by atoms with Crippen LogP contribution in [0.15, 0.2) is 4.52 Å². The minimum atomic E-state index is -0.252. The molecular weight excluding hydrogens is 216 g/mol. The van der Waals surface area contributed by atoms with Crippen LogP contribution in [0.25, 0.3) is 0 Å². The predicted octanol–water partition coefficient (Wildman–Crippen LogP) is 3.06. The topological polar surface area (TPSA) is 56.0 Å². The summed E-state index contributed by atoms with van der Waals surface area (Å²) in [5.74, 6) is 1.77. The van der Waals surface area contributed by atoms with Gasteiger partial charge in [0, 0.05) is 5.92 Å². The summed E-state index contributed by atoms with van der Waals surface area (Å²) in [4.78, 5) is 16.0.